The van der Waals surface area contributed by atoms with Gasteiger partial charge in [0, 0.05) is 5.56 Å². The van der Waals surface area contributed by atoms with Crippen LogP contribution in [0.2, 0.25) is 0 Å². The molecule has 2 aromatic rings. The Morgan fingerprint density at radius 1 is 1.47 bits per heavy atom. The van der Waals surface area contributed by atoms with Gasteiger partial charge in [-0.05, 0) is 12.1 Å². The Balaban J connectivity index is 2.64. The van der Waals surface area contributed by atoms with Crippen molar-refractivity contribution >= 4 is 5.91 Å². The number of amides is 1. The maximum absolute atomic E-state index is 13.5. The molecule has 1 heterocycles. The molecule has 2 rings (SSSR count). The number of carbonyl (C=O) groups is 1. The highest BCUT2D eigenvalue weighted by molar-refractivity contribution is 5.97. The number of benzene rings is 1. The van der Waals surface area contributed by atoms with E-state index < -0.39 is 11.7 Å². The number of aromatic amines is 1. The van der Waals surface area contributed by atoms with Gasteiger partial charge in [-0.3, -0.25) is 4.79 Å². The van der Waals surface area contributed by atoms with Crippen molar-refractivity contribution in [3.05, 3.63) is 29.7 Å². The zero-order chi connectivity index (χ0) is 12.4. The summed E-state index contributed by atoms with van der Waals surface area (Å²) in [6, 6.07) is 4.28. The number of ether oxygens (including phenoxy) is 1. The van der Waals surface area contributed by atoms with E-state index in [1.54, 1.807) is 6.07 Å². The monoisotopic (exact) mass is 236 g/mol. The standard InChI is InChI=1S/C10H9FN4O2/c1-17-9-5(3-2-4-6(9)11)7-8(10(12)16)14-15-13-7/h2-4H,1H3,(H2,12,16)(H,13,14,15). The Kier molecular flexibility index (Phi) is 2.73. The maximum Gasteiger partial charge on any atom is 0.271 e. The minimum absolute atomic E-state index is 0.0103. The van der Waals surface area contributed by atoms with Gasteiger partial charge in [-0.15, -0.1) is 0 Å². The summed E-state index contributed by atoms with van der Waals surface area (Å²) in [5.41, 5.74) is 5.54. The number of nitrogens with two attached hydrogens (primary N) is 1. The predicted octanol–water partition coefficient (Wildman–Crippen LogP) is 0.718. The van der Waals surface area contributed by atoms with Gasteiger partial charge in [-0.2, -0.15) is 15.4 Å². The van der Waals surface area contributed by atoms with Crippen molar-refractivity contribution in [2.45, 2.75) is 0 Å². The molecular formula is C10H9FN4O2. The number of para-hydroxylation sites is 1. The Morgan fingerprint density at radius 2 is 2.24 bits per heavy atom. The topological polar surface area (TPSA) is 93.9 Å². The van der Waals surface area contributed by atoms with E-state index in [9.17, 15) is 9.18 Å². The quantitative estimate of drug-likeness (QED) is 0.820. The number of nitrogens with zero attached hydrogens (tertiary/aromatic N) is 2. The molecule has 0 atom stereocenters. The lowest BCUT2D eigenvalue weighted by atomic mass is 10.1. The first-order chi connectivity index (χ1) is 8.15. The molecule has 0 bridgehead atoms. The molecule has 0 radical (unpaired) electrons. The van der Waals surface area contributed by atoms with Crippen molar-refractivity contribution in [2.24, 2.45) is 5.73 Å². The van der Waals surface area contributed by atoms with Gasteiger partial charge in [-0.1, -0.05) is 6.07 Å². The Hall–Kier alpha value is -2.44. The fourth-order valence-corrected chi connectivity index (χ4v) is 1.49. The molecule has 6 nitrogen and oxygen atoms in total. The Labute approximate surface area is 95.6 Å². The molecule has 1 amide bonds. The van der Waals surface area contributed by atoms with E-state index in [2.05, 4.69) is 15.4 Å². The molecule has 0 aliphatic heterocycles. The Bertz CT molecular complexity index is 567. The van der Waals surface area contributed by atoms with Gasteiger partial charge in [0.1, 0.15) is 5.69 Å². The van der Waals surface area contributed by atoms with E-state index in [-0.39, 0.29) is 17.1 Å². The summed E-state index contributed by atoms with van der Waals surface area (Å²) in [7, 11) is 1.33. The van der Waals surface area contributed by atoms with Crippen molar-refractivity contribution in [1.29, 1.82) is 0 Å². The summed E-state index contributed by atoms with van der Waals surface area (Å²) >= 11 is 0. The summed E-state index contributed by atoms with van der Waals surface area (Å²) in [6.07, 6.45) is 0. The maximum atomic E-state index is 13.5. The van der Waals surface area contributed by atoms with Crippen LogP contribution in [-0.4, -0.2) is 28.4 Å². The van der Waals surface area contributed by atoms with Gasteiger partial charge < -0.3 is 10.5 Å². The van der Waals surface area contributed by atoms with Crippen LogP contribution >= 0.6 is 0 Å². The van der Waals surface area contributed by atoms with Gasteiger partial charge in [-0.25, -0.2) is 4.39 Å². The van der Waals surface area contributed by atoms with Crippen molar-refractivity contribution in [3.8, 4) is 17.0 Å². The molecule has 88 valence electrons. The number of H-pyrrole nitrogens is 1. The third kappa shape index (κ3) is 1.82. The van der Waals surface area contributed by atoms with E-state index in [0.29, 0.717) is 5.56 Å². The van der Waals surface area contributed by atoms with E-state index in [0.717, 1.165) is 0 Å². The number of methoxy groups -OCH3 is 1. The van der Waals surface area contributed by atoms with Crippen LogP contribution in [0.15, 0.2) is 18.2 Å². The summed E-state index contributed by atoms with van der Waals surface area (Å²) in [5.74, 6) is -1.31. The second-order valence-corrected chi connectivity index (χ2v) is 3.21. The summed E-state index contributed by atoms with van der Waals surface area (Å²) < 4.78 is 18.4. The molecular weight excluding hydrogens is 227 g/mol. The average Bonchev–Trinajstić information content (AvgIpc) is 2.77. The van der Waals surface area contributed by atoms with Crippen LogP contribution in [0.5, 0.6) is 5.75 Å². The number of carbonyl (C=O) groups excluding carboxylic acids is 1. The highest BCUT2D eigenvalue weighted by Crippen LogP contribution is 2.31. The lowest BCUT2D eigenvalue weighted by molar-refractivity contribution is 0.0996. The predicted molar refractivity (Wildman–Crippen MR) is 56.8 cm³/mol. The molecule has 1 aromatic heterocycles. The van der Waals surface area contributed by atoms with Crippen LogP contribution in [0.1, 0.15) is 10.5 Å². The zero-order valence-electron chi connectivity index (χ0n) is 8.90. The largest absolute Gasteiger partial charge is 0.493 e. The number of hydrogen-bond acceptors (Lipinski definition) is 4. The number of rotatable bonds is 3. The highest BCUT2D eigenvalue weighted by atomic mass is 19.1. The minimum atomic E-state index is -0.750. The molecule has 0 fully saturated rings. The van der Waals surface area contributed by atoms with Gasteiger partial charge >= 0.3 is 0 Å². The van der Waals surface area contributed by atoms with Gasteiger partial charge in [0.05, 0.1) is 7.11 Å². The third-order valence-corrected chi connectivity index (χ3v) is 2.21. The van der Waals surface area contributed by atoms with Gasteiger partial charge in [0.2, 0.25) is 0 Å². The third-order valence-electron chi connectivity index (χ3n) is 2.21. The number of aromatic nitrogens is 3. The molecule has 17 heavy (non-hydrogen) atoms. The second-order valence-electron chi connectivity index (χ2n) is 3.21. The molecule has 3 N–H and O–H groups in total. The molecule has 0 spiro atoms. The average molecular weight is 236 g/mol. The highest BCUT2D eigenvalue weighted by Gasteiger charge is 2.20. The second kappa shape index (κ2) is 4.20. The van der Waals surface area contributed by atoms with Crippen molar-refractivity contribution in [2.75, 3.05) is 7.11 Å². The lowest BCUT2D eigenvalue weighted by Gasteiger charge is -2.07. The summed E-state index contributed by atoms with van der Waals surface area (Å²) in [5, 5.41) is 9.65. The summed E-state index contributed by atoms with van der Waals surface area (Å²) in [6.45, 7) is 0. The van der Waals surface area contributed by atoms with E-state index >= 15 is 0 Å². The molecule has 0 unspecified atom stereocenters. The van der Waals surface area contributed by atoms with Gasteiger partial charge in [0.15, 0.2) is 17.3 Å². The molecule has 0 saturated heterocycles. The smallest absolute Gasteiger partial charge is 0.271 e. The van der Waals surface area contributed by atoms with Crippen LogP contribution in [0.4, 0.5) is 4.39 Å². The number of hydrogen-bond donors (Lipinski definition) is 2. The van der Waals surface area contributed by atoms with Crippen LogP contribution in [-0.2, 0) is 0 Å². The van der Waals surface area contributed by atoms with Crippen molar-refractivity contribution in [1.82, 2.24) is 15.4 Å². The first-order valence-electron chi connectivity index (χ1n) is 4.68. The van der Waals surface area contributed by atoms with Crippen LogP contribution in [0.25, 0.3) is 11.3 Å². The Morgan fingerprint density at radius 3 is 2.88 bits per heavy atom. The molecule has 0 saturated carbocycles. The number of halogens is 1. The van der Waals surface area contributed by atoms with Crippen LogP contribution < -0.4 is 10.5 Å². The fraction of sp³-hybridized carbons (Fsp3) is 0.100. The molecule has 0 aliphatic rings. The van der Waals surface area contributed by atoms with Gasteiger partial charge in [0.25, 0.3) is 5.91 Å². The van der Waals surface area contributed by atoms with E-state index in [1.165, 1.54) is 19.2 Å². The number of nitrogens with one attached hydrogen (secondary N) is 1. The summed E-state index contributed by atoms with van der Waals surface area (Å²) in [4.78, 5) is 11.1. The zero-order valence-corrected chi connectivity index (χ0v) is 8.90. The van der Waals surface area contributed by atoms with Crippen LogP contribution in [0, 0.1) is 5.82 Å². The van der Waals surface area contributed by atoms with Crippen molar-refractivity contribution < 1.29 is 13.9 Å². The van der Waals surface area contributed by atoms with E-state index in [1.807, 2.05) is 0 Å². The van der Waals surface area contributed by atoms with E-state index in [4.69, 9.17) is 10.5 Å². The molecule has 0 aliphatic carbocycles. The first kappa shape index (κ1) is 11.1. The minimum Gasteiger partial charge on any atom is -0.493 e. The SMILES string of the molecule is COc1c(F)cccc1-c1n[nH]nc1C(N)=O. The molecule has 1 aromatic carbocycles. The van der Waals surface area contributed by atoms with Crippen LogP contribution in [0.3, 0.4) is 0 Å². The molecule has 7 heteroatoms. The normalized spacial score (nSPS) is 10.2. The fourth-order valence-electron chi connectivity index (χ4n) is 1.49. The first-order valence-corrected chi connectivity index (χ1v) is 4.68. The number of primary amides is 1. The van der Waals surface area contributed by atoms with Crippen molar-refractivity contribution in [3.63, 3.8) is 0 Å². The lowest BCUT2D eigenvalue weighted by Crippen LogP contribution is -2.13.